The summed E-state index contributed by atoms with van der Waals surface area (Å²) in [6, 6.07) is 8.76. The number of aromatic nitrogens is 1. The number of nitrogens with zero attached hydrogens (tertiary/aromatic N) is 2. The average Bonchev–Trinajstić information content (AvgIpc) is 3.12. The fraction of sp³-hybridized carbons (Fsp3) is 0.125. The molecule has 2 rings (SSSR count). The van der Waals surface area contributed by atoms with Crippen LogP contribution in [0.3, 0.4) is 0 Å². The highest BCUT2D eigenvalue weighted by Gasteiger charge is 2.20. The third kappa shape index (κ3) is 4.33. The first kappa shape index (κ1) is 16.6. The molecule has 118 valence electrons. The van der Waals surface area contributed by atoms with Gasteiger partial charge in [-0.05, 0) is 29.6 Å². The summed E-state index contributed by atoms with van der Waals surface area (Å²) < 4.78 is 0. The predicted octanol–water partition coefficient (Wildman–Crippen LogP) is 1.50. The minimum absolute atomic E-state index is 0.111. The van der Waals surface area contributed by atoms with Gasteiger partial charge in [-0.3, -0.25) is 14.6 Å². The van der Waals surface area contributed by atoms with Crippen molar-refractivity contribution in [2.75, 3.05) is 18.5 Å². The fourth-order valence-corrected chi connectivity index (χ4v) is 2.53. The zero-order valence-electron chi connectivity index (χ0n) is 12.4. The van der Waals surface area contributed by atoms with Gasteiger partial charge in [0.15, 0.2) is 0 Å². The van der Waals surface area contributed by atoms with Crippen molar-refractivity contribution in [1.82, 2.24) is 10.3 Å². The van der Waals surface area contributed by atoms with Crippen molar-refractivity contribution in [3.8, 4) is 0 Å². The summed E-state index contributed by atoms with van der Waals surface area (Å²) >= 11 is 1.42. The summed E-state index contributed by atoms with van der Waals surface area (Å²) in [5, 5.41) is 5.00. The Bertz CT molecular complexity index is 711. The van der Waals surface area contributed by atoms with Crippen LogP contribution in [0.1, 0.15) is 5.69 Å². The highest BCUT2D eigenvalue weighted by atomic mass is 32.1. The van der Waals surface area contributed by atoms with E-state index in [9.17, 15) is 14.4 Å². The highest BCUT2D eigenvalue weighted by Crippen LogP contribution is 2.24. The molecule has 0 fully saturated rings. The van der Waals surface area contributed by atoms with Crippen LogP contribution in [0.15, 0.2) is 48.0 Å². The van der Waals surface area contributed by atoms with E-state index in [1.165, 1.54) is 16.2 Å². The lowest BCUT2D eigenvalue weighted by Crippen LogP contribution is -2.29. The largest absolute Gasteiger partial charge is 0.346 e. The number of carbonyl (C=O) groups is 3. The molecular formula is C16H15N3O3S. The van der Waals surface area contributed by atoms with E-state index < -0.39 is 5.91 Å². The van der Waals surface area contributed by atoms with Crippen LogP contribution < -0.4 is 10.2 Å². The van der Waals surface area contributed by atoms with Crippen LogP contribution >= 0.6 is 11.3 Å². The zero-order chi connectivity index (χ0) is 16.7. The molecule has 1 N–H and O–H groups in total. The van der Waals surface area contributed by atoms with Crippen molar-refractivity contribution in [3.63, 3.8) is 0 Å². The molecule has 2 aromatic rings. The van der Waals surface area contributed by atoms with E-state index in [-0.39, 0.29) is 18.0 Å². The van der Waals surface area contributed by atoms with Crippen molar-refractivity contribution in [1.29, 1.82) is 0 Å². The highest BCUT2D eigenvalue weighted by molar-refractivity contribution is 7.14. The molecule has 0 saturated heterocycles. The number of likely N-dealkylation sites (N-methyl/N-ethyl adjacent to an activating group) is 1. The average molecular weight is 329 g/mol. The Labute approximate surface area is 137 Å². The van der Waals surface area contributed by atoms with E-state index in [4.69, 9.17) is 0 Å². The maximum Gasteiger partial charge on any atom is 0.261 e. The minimum Gasteiger partial charge on any atom is -0.346 e. The topological polar surface area (TPSA) is 79.4 Å². The van der Waals surface area contributed by atoms with Gasteiger partial charge < -0.3 is 15.0 Å². The lowest BCUT2D eigenvalue weighted by molar-refractivity contribution is -0.118. The number of anilines is 1. The Morgan fingerprint density at radius 1 is 1.30 bits per heavy atom. The maximum atomic E-state index is 12.7. The summed E-state index contributed by atoms with van der Waals surface area (Å²) in [6.45, 7) is -0.111. The van der Waals surface area contributed by atoms with Gasteiger partial charge >= 0.3 is 0 Å². The monoisotopic (exact) mass is 329 g/mol. The molecule has 2 amide bonds. The molecule has 0 aliphatic rings. The van der Waals surface area contributed by atoms with Gasteiger partial charge in [-0.1, -0.05) is 6.07 Å². The van der Waals surface area contributed by atoms with Crippen molar-refractivity contribution in [3.05, 3.63) is 53.7 Å². The second-order valence-corrected chi connectivity index (χ2v) is 5.43. The van der Waals surface area contributed by atoms with Gasteiger partial charge in [-0.25, -0.2) is 0 Å². The van der Waals surface area contributed by atoms with Crippen molar-refractivity contribution >= 4 is 40.0 Å². The van der Waals surface area contributed by atoms with Crippen LogP contribution in [0.4, 0.5) is 5.00 Å². The fourth-order valence-electron chi connectivity index (χ4n) is 1.83. The standard InChI is InChI=1S/C16H15N3O3S/c1-19(15-6-4-10-23-15)16(22)12(11-14(21)18-8-9-20)13-5-2-3-7-17-13/h2-7,9-11H,8H2,1H3,(H,18,21). The van der Waals surface area contributed by atoms with Gasteiger partial charge in [0.25, 0.3) is 5.91 Å². The normalized spacial score (nSPS) is 10.9. The molecule has 0 aliphatic heterocycles. The van der Waals surface area contributed by atoms with Crippen molar-refractivity contribution in [2.45, 2.75) is 0 Å². The van der Waals surface area contributed by atoms with Crippen LogP contribution in [-0.4, -0.2) is 36.7 Å². The van der Waals surface area contributed by atoms with Crippen LogP contribution in [0, 0.1) is 0 Å². The van der Waals surface area contributed by atoms with Gasteiger partial charge in [-0.15, -0.1) is 11.3 Å². The zero-order valence-corrected chi connectivity index (χ0v) is 13.2. The Hall–Kier alpha value is -2.80. The molecule has 0 bridgehead atoms. The van der Waals surface area contributed by atoms with E-state index in [1.807, 2.05) is 17.5 Å². The molecule has 0 spiro atoms. The third-order valence-electron chi connectivity index (χ3n) is 2.95. The first-order valence-corrected chi connectivity index (χ1v) is 7.67. The number of amides is 2. The number of nitrogens with one attached hydrogen (secondary N) is 1. The van der Waals surface area contributed by atoms with Gasteiger partial charge in [-0.2, -0.15) is 0 Å². The third-order valence-corrected chi connectivity index (χ3v) is 3.89. The smallest absolute Gasteiger partial charge is 0.261 e. The summed E-state index contributed by atoms with van der Waals surface area (Å²) in [6.07, 6.45) is 3.29. The van der Waals surface area contributed by atoms with Gasteiger partial charge in [0.05, 0.1) is 22.8 Å². The van der Waals surface area contributed by atoms with Crippen LogP contribution in [0.5, 0.6) is 0 Å². The lowest BCUT2D eigenvalue weighted by Gasteiger charge is -2.17. The van der Waals surface area contributed by atoms with E-state index in [0.29, 0.717) is 12.0 Å². The van der Waals surface area contributed by atoms with Gasteiger partial charge in [0.1, 0.15) is 6.29 Å². The number of rotatable bonds is 6. The van der Waals surface area contributed by atoms with E-state index in [2.05, 4.69) is 10.3 Å². The number of thiophene rings is 1. The SMILES string of the molecule is CN(C(=O)C(=CC(=O)NCC=O)c1ccccn1)c1cccs1. The molecule has 0 saturated carbocycles. The molecule has 7 heteroatoms. The number of carbonyl (C=O) groups excluding carboxylic acids is 3. The second kappa shape index (κ2) is 8.00. The van der Waals surface area contributed by atoms with E-state index in [0.717, 1.165) is 11.1 Å². The predicted molar refractivity (Wildman–Crippen MR) is 89.0 cm³/mol. The maximum absolute atomic E-state index is 12.7. The number of hydrogen-bond acceptors (Lipinski definition) is 5. The summed E-state index contributed by atoms with van der Waals surface area (Å²) in [5.74, 6) is -0.877. The Morgan fingerprint density at radius 2 is 2.13 bits per heavy atom. The van der Waals surface area contributed by atoms with E-state index in [1.54, 1.807) is 31.4 Å². The molecule has 23 heavy (non-hydrogen) atoms. The van der Waals surface area contributed by atoms with Crippen LogP contribution in [0.2, 0.25) is 0 Å². The van der Waals surface area contributed by atoms with Gasteiger partial charge in [0, 0.05) is 19.3 Å². The summed E-state index contributed by atoms with van der Waals surface area (Å²) in [5.41, 5.74) is 0.548. The van der Waals surface area contributed by atoms with Crippen LogP contribution in [0.25, 0.3) is 5.57 Å². The first-order valence-electron chi connectivity index (χ1n) is 6.79. The molecule has 0 atom stereocenters. The van der Waals surface area contributed by atoms with Crippen molar-refractivity contribution in [2.24, 2.45) is 0 Å². The molecule has 2 heterocycles. The number of aldehydes is 1. The minimum atomic E-state index is -0.523. The number of hydrogen-bond donors (Lipinski definition) is 1. The second-order valence-electron chi connectivity index (χ2n) is 4.50. The number of pyridine rings is 1. The molecule has 0 radical (unpaired) electrons. The van der Waals surface area contributed by atoms with Crippen LogP contribution in [-0.2, 0) is 14.4 Å². The quantitative estimate of drug-likeness (QED) is 0.643. The molecule has 2 aromatic heterocycles. The molecular weight excluding hydrogens is 314 g/mol. The van der Waals surface area contributed by atoms with Gasteiger partial charge in [0.2, 0.25) is 5.91 Å². The molecule has 0 unspecified atom stereocenters. The summed E-state index contributed by atoms with van der Waals surface area (Å²) in [7, 11) is 1.63. The summed E-state index contributed by atoms with van der Waals surface area (Å²) in [4.78, 5) is 40.5. The Kier molecular flexibility index (Phi) is 5.76. The van der Waals surface area contributed by atoms with Crippen molar-refractivity contribution < 1.29 is 14.4 Å². The lowest BCUT2D eigenvalue weighted by atomic mass is 10.1. The van der Waals surface area contributed by atoms with E-state index >= 15 is 0 Å². The molecule has 0 aliphatic carbocycles. The molecule has 0 aromatic carbocycles. The first-order chi connectivity index (χ1) is 11.1. The Balaban J connectivity index is 2.33. The Morgan fingerprint density at radius 3 is 2.74 bits per heavy atom. The molecule has 6 nitrogen and oxygen atoms in total.